The van der Waals surface area contributed by atoms with E-state index in [9.17, 15) is 9.59 Å². The van der Waals surface area contributed by atoms with Crippen LogP contribution in [-0.4, -0.2) is 30.4 Å². The number of hydrogen-bond acceptors (Lipinski definition) is 3. The maximum atomic E-state index is 12.8. The second-order valence-corrected chi connectivity index (χ2v) is 6.61. The van der Waals surface area contributed by atoms with Gasteiger partial charge in [-0.1, -0.05) is 48.5 Å². The van der Waals surface area contributed by atoms with E-state index in [0.717, 1.165) is 5.56 Å². The van der Waals surface area contributed by atoms with Gasteiger partial charge in [0.1, 0.15) is 5.75 Å². The van der Waals surface area contributed by atoms with E-state index in [1.807, 2.05) is 43.3 Å². The number of carbonyl (C=O) groups is 2. The highest BCUT2D eigenvalue weighted by Gasteiger charge is 2.15. The summed E-state index contributed by atoms with van der Waals surface area (Å²) in [6.07, 6.45) is 0. The second kappa shape index (κ2) is 9.55. The van der Waals surface area contributed by atoms with Crippen LogP contribution < -0.4 is 10.1 Å². The molecule has 3 aromatic carbocycles. The first-order chi connectivity index (χ1) is 14.1. The summed E-state index contributed by atoms with van der Waals surface area (Å²) in [4.78, 5) is 27.1. The number of amides is 2. The van der Waals surface area contributed by atoms with E-state index < -0.39 is 0 Å². The Kier molecular flexibility index (Phi) is 6.63. The quantitative estimate of drug-likeness (QED) is 0.643. The molecule has 0 aliphatic heterocycles. The van der Waals surface area contributed by atoms with E-state index in [0.29, 0.717) is 35.7 Å². The second-order valence-electron chi connectivity index (χ2n) is 6.61. The van der Waals surface area contributed by atoms with Gasteiger partial charge in [0.15, 0.2) is 0 Å². The lowest BCUT2D eigenvalue weighted by Gasteiger charge is -2.18. The van der Waals surface area contributed by atoms with Crippen molar-refractivity contribution >= 4 is 17.5 Å². The molecule has 5 heteroatoms. The molecule has 5 nitrogen and oxygen atoms in total. The van der Waals surface area contributed by atoms with Crippen LogP contribution in [0.3, 0.4) is 0 Å². The zero-order valence-electron chi connectivity index (χ0n) is 16.6. The van der Waals surface area contributed by atoms with Crippen LogP contribution in [0, 0.1) is 0 Å². The van der Waals surface area contributed by atoms with Gasteiger partial charge in [0.25, 0.3) is 11.8 Å². The topological polar surface area (TPSA) is 58.6 Å². The summed E-state index contributed by atoms with van der Waals surface area (Å²) in [5, 5.41) is 2.85. The van der Waals surface area contributed by atoms with Crippen LogP contribution in [0.1, 0.15) is 33.2 Å². The van der Waals surface area contributed by atoms with E-state index >= 15 is 0 Å². The molecule has 0 saturated heterocycles. The van der Waals surface area contributed by atoms with Crippen LogP contribution in [0.5, 0.6) is 5.75 Å². The largest absolute Gasteiger partial charge is 0.493 e. The summed E-state index contributed by atoms with van der Waals surface area (Å²) in [7, 11) is 1.76. The molecule has 0 heterocycles. The summed E-state index contributed by atoms with van der Waals surface area (Å²) in [6, 6.07) is 23.8. The minimum atomic E-state index is -0.281. The average Bonchev–Trinajstić information content (AvgIpc) is 2.74. The highest BCUT2D eigenvalue weighted by atomic mass is 16.5. The Morgan fingerprint density at radius 2 is 1.66 bits per heavy atom. The predicted octanol–water partition coefficient (Wildman–Crippen LogP) is 4.61. The van der Waals surface area contributed by atoms with Gasteiger partial charge in [0, 0.05) is 24.8 Å². The molecule has 0 atom stereocenters. The minimum Gasteiger partial charge on any atom is -0.493 e. The van der Waals surface area contributed by atoms with Crippen LogP contribution >= 0.6 is 0 Å². The van der Waals surface area contributed by atoms with Gasteiger partial charge < -0.3 is 15.0 Å². The molecular weight excluding hydrogens is 364 g/mol. The van der Waals surface area contributed by atoms with Crippen LogP contribution in [0.15, 0.2) is 78.9 Å². The van der Waals surface area contributed by atoms with E-state index in [1.165, 1.54) is 0 Å². The molecule has 1 N–H and O–H groups in total. The molecule has 2 amide bonds. The van der Waals surface area contributed by atoms with E-state index in [4.69, 9.17) is 4.74 Å². The van der Waals surface area contributed by atoms with Gasteiger partial charge in [0.05, 0.1) is 12.2 Å². The lowest BCUT2D eigenvalue weighted by atomic mass is 10.1. The van der Waals surface area contributed by atoms with Gasteiger partial charge in [-0.2, -0.15) is 0 Å². The molecule has 0 unspecified atom stereocenters. The Balaban J connectivity index is 1.72. The van der Waals surface area contributed by atoms with Crippen molar-refractivity contribution in [2.24, 2.45) is 0 Å². The van der Waals surface area contributed by atoms with Crippen molar-refractivity contribution in [3.63, 3.8) is 0 Å². The Bertz CT molecular complexity index is 986. The standard InChI is InChI=1S/C24H24N2O3/c1-3-29-22-15-8-7-14-21(22)23(27)25-20-13-9-12-19(16-20)24(28)26(2)17-18-10-5-4-6-11-18/h4-16H,3,17H2,1-2H3,(H,25,27). The van der Waals surface area contributed by atoms with Gasteiger partial charge in [-0.05, 0) is 42.8 Å². The highest BCUT2D eigenvalue weighted by molar-refractivity contribution is 6.06. The fourth-order valence-corrected chi connectivity index (χ4v) is 3.01. The Labute approximate surface area is 170 Å². The van der Waals surface area contributed by atoms with Crippen LogP contribution in [0.2, 0.25) is 0 Å². The van der Waals surface area contributed by atoms with Gasteiger partial charge in [0.2, 0.25) is 0 Å². The normalized spacial score (nSPS) is 10.3. The van der Waals surface area contributed by atoms with Crippen molar-refractivity contribution < 1.29 is 14.3 Å². The maximum absolute atomic E-state index is 12.8. The molecule has 0 aliphatic rings. The first-order valence-electron chi connectivity index (χ1n) is 9.51. The Hall–Kier alpha value is -3.60. The first-order valence-corrected chi connectivity index (χ1v) is 9.51. The molecule has 3 rings (SSSR count). The summed E-state index contributed by atoms with van der Waals surface area (Å²) in [6.45, 7) is 2.86. The molecule has 0 aliphatic carbocycles. The van der Waals surface area contributed by atoms with Crippen molar-refractivity contribution in [1.82, 2.24) is 4.90 Å². The molecule has 0 fully saturated rings. The van der Waals surface area contributed by atoms with E-state index in [2.05, 4.69) is 5.32 Å². The smallest absolute Gasteiger partial charge is 0.259 e. The van der Waals surface area contributed by atoms with E-state index in [-0.39, 0.29) is 11.8 Å². The van der Waals surface area contributed by atoms with Crippen molar-refractivity contribution in [3.05, 3.63) is 95.6 Å². The van der Waals surface area contributed by atoms with Gasteiger partial charge in [-0.25, -0.2) is 0 Å². The number of anilines is 1. The zero-order chi connectivity index (χ0) is 20.6. The SMILES string of the molecule is CCOc1ccccc1C(=O)Nc1cccc(C(=O)N(C)Cc2ccccc2)c1. The highest BCUT2D eigenvalue weighted by Crippen LogP contribution is 2.20. The fourth-order valence-electron chi connectivity index (χ4n) is 3.01. The number of benzene rings is 3. The van der Waals surface area contributed by atoms with Crippen LogP contribution in [0.25, 0.3) is 0 Å². The molecule has 0 saturated carbocycles. The maximum Gasteiger partial charge on any atom is 0.259 e. The third kappa shape index (κ3) is 5.23. The van der Waals surface area contributed by atoms with Crippen LogP contribution in [-0.2, 0) is 6.54 Å². The molecular formula is C24H24N2O3. The van der Waals surface area contributed by atoms with Gasteiger partial charge >= 0.3 is 0 Å². The Morgan fingerprint density at radius 3 is 2.41 bits per heavy atom. The van der Waals surface area contributed by atoms with Crippen molar-refractivity contribution in [3.8, 4) is 5.75 Å². The number of para-hydroxylation sites is 1. The average molecular weight is 388 g/mol. The molecule has 0 bridgehead atoms. The van der Waals surface area contributed by atoms with E-state index in [1.54, 1.807) is 54.4 Å². The molecule has 29 heavy (non-hydrogen) atoms. The lowest BCUT2D eigenvalue weighted by Crippen LogP contribution is -2.26. The number of nitrogens with one attached hydrogen (secondary N) is 1. The number of rotatable bonds is 7. The molecule has 0 radical (unpaired) electrons. The molecule has 0 spiro atoms. The summed E-state index contributed by atoms with van der Waals surface area (Å²) in [5.41, 5.74) is 2.58. The van der Waals surface area contributed by atoms with Crippen molar-refractivity contribution in [2.75, 3.05) is 19.0 Å². The fraction of sp³-hybridized carbons (Fsp3) is 0.167. The molecule has 3 aromatic rings. The molecule has 148 valence electrons. The summed E-state index contributed by atoms with van der Waals surface area (Å²) in [5.74, 6) is 0.137. The minimum absolute atomic E-state index is 0.111. The van der Waals surface area contributed by atoms with Crippen molar-refractivity contribution in [2.45, 2.75) is 13.5 Å². The number of carbonyl (C=O) groups excluding carboxylic acids is 2. The number of ether oxygens (including phenoxy) is 1. The first kappa shape index (κ1) is 20.1. The monoisotopic (exact) mass is 388 g/mol. The third-order valence-corrected chi connectivity index (χ3v) is 4.41. The van der Waals surface area contributed by atoms with Crippen LogP contribution in [0.4, 0.5) is 5.69 Å². The predicted molar refractivity (Wildman–Crippen MR) is 114 cm³/mol. The lowest BCUT2D eigenvalue weighted by molar-refractivity contribution is 0.0784. The molecule has 0 aromatic heterocycles. The number of hydrogen-bond donors (Lipinski definition) is 1. The number of nitrogens with zero attached hydrogens (tertiary/aromatic N) is 1. The zero-order valence-corrected chi connectivity index (χ0v) is 16.6. The summed E-state index contributed by atoms with van der Waals surface area (Å²) >= 11 is 0. The van der Waals surface area contributed by atoms with Gasteiger partial charge in [-0.3, -0.25) is 9.59 Å². The Morgan fingerprint density at radius 1 is 0.931 bits per heavy atom. The van der Waals surface area contributed by atoms with Crippen molar-refractivity contribution in [1.29, 1.82) is 0 Å². The van der Waals surface area contributed by atoms with Gasteiger partial charge in [-0.15, -0.1) is 0 Å². The summed E-state index contributed by atoms with van der Waals surface area (Å²) < 4.78 is 5.52. The third-order valence-electron chi connectivity index (χ3n) is 4.41.